The summed E-state index contributed by atoms with van der Waals surface area (Å²) in [5, 5.41) is 5.15. The van der Waals surface area contributed by atoms with Gasteiger partial charge in [-0.2, -0.15) is 0 Å². The van der Waals surface area contributed by atoms with Gasteiger partial charge in [0.25, 0.3) is 0 Å². The summed E-state index contributed by atoms with van der Waals surface area (Å²) in [7, 11) is 0. The molecule has 8 rings (SSSR count). The maximum absolute atomic E-state index is 4.50. The summed E-state index contributed by atoms with van der Waals surface area (Å²) in [6, 6.07) is 52.6. The summed E-state index contributed by atoms with van der Waals surface area (Å²) in [5.74, 6) is 0. The number of hydrogen-bond donors (Lipinski definition) is 0. The summed E-state index contributed by atoms with van der Waals surface area (Å²) >= 11 is 0. The van der Waals surface area contributed by atoms with E-state index in [0.29, 0.717) is 0 Å². The zero-order valence-corrected chi connectivity index (χ0v) is 34.9. The zero-order valence-electron chi connectivity index (χ0n) is 32.5. The number of hydrogen-bond acceptors (Lipinski definition) is 2. The Kier molecular flexibility index (Phi) is 14.7. The molecule has 0 fully saturated rings. The number of benzene rings is 4. The van der Waals surface area contributed by atoms with Crippen molar-refractivity contribution in [1.82, 2.24) is 9.97 Å². The molecule has 0 spiro atoms. The standard InChI is InChI=1S/2C26H26N.Zr/c2*1-2-3-4-5-9-20-13-15-21(16-14-20)24-11-8-10-22-18-23(19-25(22)24)26-12-6-7-17-27-26;/h2*6-8,10-19H,2-5,9H2,1H3;/q2*-1;+2. The molecule has 2 heterocycles. The third-order valence-corrected chi connectivity index (χ3v) is 10.6. The number of nitrogens with zero attached hydrogens (tertiary/aromatic N) is 2. The van der Waals surface area contributed by atoms with E-state index in [1.165, 1.54) is 130 Å². The number of rotatable bonds is 14. The first-order valence-electron chi connectivity index (χ1n) is 20.1. The van der Waals surface area contributed by atoms with Crippen molar-refractivity contribution in [2.45, 2.75) is 78.1 Å². The number of pyridine rings is 2. The molecular weight excluding hydrogens is 744 g/mol. The summed E-state index contributed by atoms with van der Waals surface area (Å²) < 4.78 is 0. The van der Waals surface area contributed by atoms with Crippen molar-refractivity contribution in [2.75, 3.05) is 0 Å². The van der Waals surface area contributed by atoms with Crippen LogP contribution in [-0.2, 0) is 39.0 Å². The minimum Gasteiger partial charge on any atom is -0.295 e. The largest absolute Gasteiger partial charge is 2.00 e. The molecule has 0 unspecified atom stereocenters. The van der Waals surface area contributed by atoms with Gasteiger partial charge >= 0.3 is 26.2 Å². The van der Waals surface area contributed by atoms with E-state index in [-0.39, 0.29) is 26.2 Å². The van der Waals surface area contributed by atoms with Crippen LogP contribution in [0, 0.1) is 0 Å². The second kappa shape index (κ2) is 20.3. The molecule has 0 saturated carbocycles. The molecule has 2 aromatic heterocycles. The van der Waals surface area contributed by atoms with Crippen LogP contribution in [0.4, 0.5) is 0 Å². The van der Waals surface area contributed by atoms with Crippen LogP contribution in [0.1, 0.15) is 76.3 Å². The first-order chi connectivity index (χ1) is 26.7. The topological polar surface area (TPSA) is 25.8 Å². The molecule has 0 aliphatic carbocycles. The predicted molar refractivity (Wildman–Crippen MR) is 232 cm³/mol. The molecular formula is C52H52N2Zr. The van der Waals surface area contributed by atoms with Gasteiger partial charge in [-0.1, -0.05) is 161 Å². The van der Waals surface area contributed by atoms with Crippen molar-refractivity contribution in [2.24, 2.45) is 0 Å². The van der Waals surface area contributed by atoms with Gasteiger partial charge in [0.1, 0.15) is 0 Å². The summed E-state index contributed by atoms with van der Waals surface area (Å²) in [4.78, 5) is 9.00. The van der Waals surface area contributed by atoms with E-state index in [1.54, 1.807) is 0 Å². The Morgan fingerprint density at radius 3 is 1.25 bits per heavy atom. The van der Waals surface area contributed by atoms with Crippen LogP contribution in [0.15, 0.2) is 158 Å². The molecule has 274 valence electrons. The minimum absolute atomic E-state index is 0. The van der Waals surface area contributed by atoms with Gasteiger partial charge in [0.05, 0.1) is 0 Å². The van der Waals surface area contributed by atoms with Crippen LogP contribution in [0.3, 0.4) is 0 Å². The summed E-state index contributed by atoms with van der Waals surface area (Å²) in [6.45, 7) is 4.52. The Morgan fingerprint density at radius 1 is 0.436 bits per heavy atom. The fourth-order valence-corrected chi connectivity index (χ4v) is 7.55. The van der Waals surface area contributed by atoms with E-state index in [9.17, 15) is 0 Å². The zero-order chi connectivity index (χ0) is 37.0. The van der Waals surface area contributed by atoms with E-state index >= 15 is 0 Å². The molecule has 0 atom stereocenters. The number of aryl methyl sites for hydroxylation is 2. The van der Waals surface area contributed by atoms with E-state index in [0.717, 1.165) is 11.4 Å². The summed E-state index contributed by atoms with van der Waals surface area (Å²) in [5.41, 5.74) is 12.5. The average molecular weight is 796 g/mol. The molecule has 8 aromatic rings. The molecule has 0 radical (unpaired) electrons. The van der Waals surface area contributed by atoms with Gasteiger partial charge in [-0.15, -0.1) is 69.1 Å². The fourth-order valence-electron chi connectivity index (χ4n) is 7.55. The van der Waals surface area contributed by atoms with Crippen LogP contribution in [0.5, 0.6) is 0 Å². The second-order valence-electron chi connectivity index (χ2n) is 14.6. The molecule has 2 nitrogen and oxygen atoms in total. The van der Waals surface area contributed by atoms with E-state index in [1.807, 2.05) is 36.7 Å². The summed E-state index contributed by atoms with van der Waals surface area (Å²) in [6.07, 6.45) is 16.6. The van der Waals surface area contributed by atoms with Gasteiger partial charge in [0, 0.05) is 23.8 Å². The van der Waals surface area contributed by atoms with Crippen molar-refractivity contribution in [1.29, 1.82) is 0 Å². The van der Waals surface area contributed by atoms with Crippen molar-refractivity contribution in [3.8, 4) is 44.8 Å². The SMILES string of the molecule is CCCCCCc1ccc(-c2cccc3[cH-]c(-c4ccccn4)cc23)cc1.CCCCCCc1ccc(-c2cccc3[cH-]c(-c4ccccn4)cc23)cc1.[Zr+2]. The van der Waals surface area contributed by atoms with Gasteiger partial charge in [-0.3, -0.25) is 9.97 Å². The maximum atomic E-state index is 4.50. The Hall–Kier alpha value is -4.72. The number of unbranched alkanes of at least 4 members (excludes halogenated alkanes) is 6. The first-order valence-corrected chi connectivity index (χ1v) is 20.1. The smallest absolute Gasteiger partial charge is 0.295 e. The Morgan fingerprint density at radius 2 is 0.873 bits per heavy atom. The van der Waals surface area contributed by atoms with Crippen LogP contribution in [0.25, 0.3) is 66.3 Å². The van der Waals surface area contributed by atoms with Crippen molar-refractivity contribution in [3.63, 3.8) is 0 Å². The monoisotopic (exact) mass is 794 g/mol. The minimum atomic E-state index is 0. The van der Waals surface area contributed by atoms with Crippen LogP contribution in [0.2, 0.25) is 0 Å². The van der Waals surface area contributed by atoms with E-state index in [4.69, 9.17) is 0 Å². The second-order valence-corrected chi connectivity index (χ2v) is 14.6. The van der Waals surface area contributed by atoms with Gasteiger partial charge in [0.2, 0.25) is 0 Å². The normalized spacial score (nSPS) is 10.9. The van der Waals surface area contributed by atoms with Crippen LogP contribution in [-0.4, -0.2) is 9.97 Å². The Labute approximate surface area is 347 Å². The van der Waals surface area contributed by atoms with E-state index in [2.05, 4.69) is 145 Å². The quantitative estimate of drug-likeness (QED) is 0.0809. The van der Waals surface area contributed by atoms with Crippen LogP contribution >= 0.6 is 0 Å². The predicted octanol–water partition coefficient (Wildman–Crippen LogP) is 14.8. The molecule has 0 bridgehead atoms. The van der Waals surface area contributed by atoms with Gasteiger partial charge in [-0.05, 0) is 60.1 Å². The maximum Gasteiger partial charge on any atom is 2.00 e. The third kappa shape index (κ3) is 10.3. The molecule has 0 N–H and O–H groups in total. The molecule has 0 amide bonds. The number of fused-ring (bicyclic) bond motifs is 2. The molecule has 55 heavy (non-hydrogen) atoms. The third-order valence-electron chi connectivity index (χ3n) is 10.6. The Bertz CT molecular complexity index is 2160. The van der Waals surface area contributed by atoms with Gasteiger partial charge < -0.3 is 0 Å². The number of aromatic nitrogens is 2. The first kappa shape index (κ1) is 40.0. The average Bonchev–Trinajstić information content (AvgIpc) is 3.88. The molecule has 3 heteroatoms. The van der Waals surface area contributed by atoms with Gasteiger partial charge in [0.15, 0.2) is 0 Å². The molecule has 0 aliphatic heterocycles. The molecule has 6 aromatic carbocycles. The van der Waals surface area contributed by atoms with Crippen LogP contribution < -0.4 is 0 Å². The molecule has 0 aliphatic rings. The van der Waals surface area contributed by atoms with Crippen molar-refractivity contribution >= 4 is 21.5 Å². The van der Waals surface area contributed by atoms with Crippen molar-refractivity contribution < 1.29 is 26.2 Å². The van der Waals surface area contributed by atoms with Crippen molar-refractivity contribution in [3.05, 3.63) is 169 Å². The Balaban J connectivity index is 0.000000184. The van der Waals surface area contributed by atoms with Gasteiger partial charge in [-0.25, -0.2) is 0 Å². The molecule has 0 saturated heterocycles. The van der Waals surface area contributed by atoms with E-state index < -0.39 is 0 Å². The fraction of sp³-hybridized carbons (Fsp3) is 0.231.